The van der Waals surface area contributed by atoms with Crippen LogP contribution in [-0.4, -0.2) is 24.7 Å². The minimum absolute atomic E-state index is 0.184. The van der Waals surface area contributed by atoms with E-state index in [4.69, 9.17) is 4.74 Å². The number of rotatable bonds is 4. The van der Waals surface area contributed by atoms with Crippen molar-refractivity contribution in [3.8, 4) is 0 Å². The summed E-state index contributed by atoms with van der Waals surface area (Å²) in [6.45, 7) is 6.20. The highest BCUT2D eigenvalue weighted by molar-refractivity contribution is 5.59. The van der Waals surface area contributed by atoms with E-state index in [0.29, 0.717) is 11.5 Å². The van der Waals surface area contributed by atoms with E-state index in [1.807, 2.05) is 13.0 Å². The average Bonchev–Trinajstić information content (AvgIpc) is 2.40. The molecule has 1 aliphatic rings. The van der Waals surface area contributed by atoms with Crippen LogP contribution in [0, 0.1) is 29.9 Å². The van der Waals surface area contributed by atoms with Gasteiger partial charge >= 0.3 is 0 Å². The van der Waals surface area contributed by atoms with E-state index in [0.717, 1.165) is 37.4 Å². The van der Waals surface area contributed by atoms with Crippen LogP contribution in [0.3, 0.4) is 0 Å². The van der Waals surface area contributed by atoms with Gasteiger partial charge in [0, 0.05) is 30.5 Å². The van der Waals surface area contributed by atoms with Crippen molar-refractivity contribution in [2.24, 2.45) is 5.92 Å². The van der Waals surface area contributed by atoms with Gasteiger partial charge in [0.1, 0.15) is 0 Å². The number of hydrogen-bond acceptors (Lipinski definition) is 4. The first kappa shape index (κ1) is 13.8. The molecule has 1 atom stereocenters. The quantitative estimate of drug-likeness (QED) is 0.670. The molecule has 0 aliphatic carbocycles. The second kappa shape index (κ2) is 6.02. The van der Waals surface area contributed by atoms with Gasteiger partial charge in [-0.3, -0.25) is 10.1 Å². The van der Waals surface area contributed by atoms with Gasteiger partial charge in [0.2, 0.25) is 0 Å². The molecule has 1 aliphatic heterocycles. The first-order valence-electron chi connectivity index (χ1n) is 6.65. The predicted octanol–water partition coefficient (Wildman–Crippen LogP) is 3.05. The highest BCUT2D eigenvalue weighted by atomic mass is 16.6. The third-order valence-electron chi connectivity index (χ3n) is 3.58. The van der Waals surface area contributed by atoms with Crippen molar-refractivity contribution >= 4 is 11.4 Å². The van der Waals surface area contributed by atoms with Crippen LogP contribution in [0.2, 0.25) is 0 Å². The fraction of sp³-hybridized carbons (Fsp3) is 0.571. The largest absolute Gasteiger partial charge is 0.384 e. The number of nitro groups is 1. The molecular weight excluding hydrogens is 244 g/mol. The molecule has 104 valence electrons. The molecule has 5 heteroatoms. The summed E-state index contributed by atoms with van der Waals surface area (Å²) in [4.78, 5) is 10.5. The maximum Gasteiger partial charge on any atom is 0.272 e. The SMILES string of the molecule is Cc1cc([N+](=O)[O-])c(C)cc1NCC1CCCOC1. The third kappa shape index (κ3) is 3.44. The van der Waals surface area contributed by atoms with Gasteiger partial charge in [-0.25, -0.2) is 0 Å². The molecule has 0 radical (unpaired) electrons. The van der Waals surface area contributed by atoms with E-state index in [1.54, 1.807) is 13.0 Å². The Bertz CT molecular complexity index is 468. The van der Waals surface area contributed by atoms with Gasteiger partial charge in [0.05, 0.1) is 11.5 Å². The van der Waals surface area contributed by atoms with Gasteiger partial charge in [-0.15, -0.1) is 0 Å². The van der Waals surface area contributed by atoms with Crippen molar-refractivity contribution in [2.45, 2.75) is 26.7 Å². The van der Waals surface area contributed by atoms with Gasteiger partial charge in [-0.05, 0) is 44.2 Å². The summed E-state index contributed by atoms with van der Waals surface area (Å²) >= 11 is 0. The Balaban J connectivity index is 2.04. The van der Waals surface area contributed by atoms with E-state index in [-0.39, 0.29) is 10.6 Å². The minimum Gasteiger partial charge on any atom is -0.384 e. The lowest BCUT2D eigenvalue weighted by molar-refractivity contribution is -0.385. The molecule has 1 aromatic carbocycles. The standard InChI is InChI=1S/C14H20N2O3/c1-10-7-14(16(17)18)11(2)6-13(10)15-8-12-4-3-5-19-9-12/h6-7,12,15H,3-5,8-9H2,1-2H3. The van der Waals surface area contributed by atoms with Crippen molar-refractivity contribution in [1.82, 2.24) is 0 Å². The summed E-state index contributed by atoms with van der Waals surface area (Å²) < 4.78 is 5.45. The summed E-state index contributed by atoms with van der Waals surface area (Å²) in [7, 11) is 0. The van der Waals surface area contributed by atoms with Gasteiger partial charge in [-0.2, -0.15) is 0 Å². The molecule has 19 heavy (non-hydrogen) atoms. The van der Waals surface area contributed by atoms with Gasteiger partial charge in [-0.1, -0.05) is 0 Å². The fourth-order valence-electron chi connectivity index (χ4n) is 2.41. The monoisotopic (exact) mass is 264 g/mol. The topological polar surface area (TPSA) is 64.4 Å². The zero-order chi connectivity index (χ0) is 13.8. The second-order valence-corrected chi connectivity index (χ2v) is 5.17. The molecule has 0 aromatic heterocycles. The molecule has 1 heterocycles. The highest BCUT2D eigenvalue weighted by Gasteiger charge is 2.16. The maximum absolute atomic E-state index is 10.9. The van der Waals surface area contributed by atoms with E-state index in [2.05, 4.69) is 5.32 Å². The smallest absolute Gasteiger partial charge is 0.272 e. The normalized spacial score (nSPS) is 19.2. The van der Waals surface area contributed by atoms with Crippen molar-refractivity contribution in [2.75, 3.05) is 25.1 Å². The van der Waals surface area contributed by atoms with Crippen molar-refractivity contribution in [3.05, 3.63) is 33.4 Å². The molecule has 0 amide bonds. The lowest BCUT2D eigenvalue weighted by Crippen LogP contribution is -2.24. The summed E-state index contributed by atoms with van der Waals surface area (Å²) in [6.07, 6.45) is 2.29. The zero-order valence-electron chi connectivity index (χ0n) is 11.4. The van der Waals surface area contributed by atoms with E-state index >= 15 is 0 Å². The Morgan fingerprint density at radius 3 is 2.84 bits per heavy atom. The Morgan fingerprint density at radius 1 is 1.42 bits per heavy atom. The number of aryl methyl sites for hydroxylation is 2. The maximum atomic E-state index is 10.9. The molecule has 2 rings (SSSR count). The number of hydrogen-bond donors (Lipinski definition) is 1. The van der Waals surface area contributed by atoms with E-state index in [1.165, 1.54) is 6.42 Å². The Hall–Kier alpha value is -1.62. The van der Waals surface area contributed by atoms with Crippen molar-refractivity contribution in [1.29, 1.82) is 0 Å². The highest BCUT2D eigenvalue weighted by Crippen LogP contribution is 2.26. The molecular formula is C14H20N2O3. The molecule has 1 aromatic rings. The van der Waals surface area contributed by atoms with Crippen LogP contribution < -0.4 is 5.32 Å². The van der Waals surface area contributed by atoms with Gasteiger partial charge in [0.25, 0.3) is 5.69 Å². The molecule has 1 fully saturated rings. The number of anilines is 1. The average molecular weight is 264 g/mol. The van der Waals surface area contributed by atoms with Crippen LogP contribution >= 0.6 is 0 Å². The second-order valence-electron chi connectivity index (χ2n) is 5.17. The fourth-order valence-corrected chi connectivity index (χ4v) is 2.41. The molecule has 0 spiro atoms. The summed E-state index contributed by atoms with van der Waals surface area (Å²) in [6, 6.07) is 3.49. The first-order valence-corrected chi connectivity index (χ1v) is 6.65. The molecule has 0 saturated carbocycles. The number of benzene rings is 1. The van der Waals surface area contributed by atoms with Crippen LogP contribution in [0.25, 0.3) is 0 Å². The molecule has 1 N–H and O–H groups in total. The molecule has 1 unspecified atom stereocenters. The van der Waals surface area contributed by atoms with Gasteiger partial charge < -0.3 is 10.1 Å². The van der Waals surface area contributed by atoms with Crippen LogP contribution in [0.1, 0.15) is 24.0 Å². The zero-order valence-corrected chi connectivity index (χ0v) is 11.4. The van der Waals surface area contributed by atoms with Crippen molar-refractivity contribution < 1.29 is 9.66 Å². The summed E-state index contributed by atoms with van der Waals surface area (Å²) in [5.74, 6) is 0.531. The van der Waals surface area contributed by atoms with E-state index in [9.17, 15) is 10.1 Å². The lowest BCUT2D eigenvalue weighted by atomic mass is 10.0. The molecule has 0 bridgehead atoms. The molecule has 5 nitrogen and oxygen atoms in total. The Kier molecular flexibility index (Phi) is 4.37. The summed E-state index contributed by atoms with van der Waals surface area (Å²) in [5.41, 5.74) is 2.77. The number of nitrogens with zero attached hydrogens (tertiary/aromatic N) is 1. The Morgan fingerprint density at radius 2 is 2.21 bits per heavy atom. The van der Waals surface area contributed by atoms with E-state index < -0.39 is 0 Å². The number of ether oxygens (including phenoxy) is 1. The first-order chi connectivity index (χ1) is 9.08. The van der Waals surface area contributed by atoms with Crippen molar-refractivity contribution in [3.63, 3.8) is 0 Å². The third-order valence-corrected chi connectivity index (χ3v) is 3.58. The van der Waals surface area contributed by atoms with Crippen LogP contribution in [0.15, 0.2) is 12.1 Å². The molecule has 1 saturated heterocycles. The van der Waals surface area contributed by atoms with Gasteiger partial charge in [0.15, 0.2) is 0 Å². The Labute approximate surface area is 113 Å². The number of nitrogens with one attached hydrogen (secondary N) is 1. The van der Waals surface area contributed by atoms with Crippen LogP contribution in [-0.2, 0) is 4.74 Å². The predicted molar refractivity (Wildman–Crippen MR) is 74.6 cm³/mol. The number of nitro benzene ring substituents is 1. The van der Waals surface area contributed by atoms with Crippen LogP contribution in [0.4, 0.5) is 11.4 Å². The lowest BCUT2D eigenvalue weighted by Gasteiger charge is -2.23. The summed E-state index contributed by atoms with van der Waals surface area (Å²) in [5, 5.41) is 14.2. The van der Waals surface area contributed by atoms with Crippen LogP contribution in [0.5, 0.6) is 0 Å². The minimum atomic E-state index is -0.332.